The zero-order valence-electron chi connectivity index (χ0n) is 14.8. The molecule has 0 bridgehead atoms. The van der Waals surface area contributed by atoms with Crippen LogP contribution in [0.5, 0.6) is 0 Å². The minimum absolute atomic E-state index is 0.124. The minimum Gasteiger partial charge on any atom is -0.371 e. The molecule has 0 aromatic heterocycles. The average molecular weight is 352 g/mol. The van der Waals surface area contributed by atoms with Gasteiger partial charge in [0.2, 0.25) is 0 Å². The van der Waals surface area contributed by atoms with Crippen molar-refractivity contribution in [3.63, 3.8) is 0 Å². The molecule has 3 saturated heterocycles. The van der Waals surface area contributed by atoms with Gasteiger partial charge in [-0.1, -0.05) is 0 Å². The summed E-state index contributed by atoms with van der Waals surface area (Å²) in [6.45, 7) is 8.71. The Morgan fingerprint density at radius 1 is 1.32 bits per heavy atom. The van der Waals surface area contributed by atoms with Gasteiger partial charge in [0.1, 0.15) is 0 Å². The number of nitrogens with one attached hydrogen (secondary N) is 1. The van der Waals surface area contributed by atoms with Gasteiger partial charge in [-0.15, -0.1) is 0 Å². The molecule has 25 heavy (non-hydrogen) atoms. The minimum atomic E-state index is -0.355. The fraction of sp³-hybridized carbons (Fsp3) is 0.875. The van der Waals surface area contributed by atoms with Crippen molar-refractivity contribution in [2.45, 2.75) is 31.4 Å². The predicted molar refractivity (Wildman–Crippen MR) is 90.6 cm³/mol. The summed E-state index contributed by atoms with van der Waals surface area (Å²) in [5, 5.41) is 12.3. The van der Waals surface area contributed by atoms with Gasteiger partial charge in [-0.25, -0.2) is 4.79 Å². The number of primary amides is 1. The molecular weight excluding hydrogens is 324 g/mol. The zero-order chi connectivity index (χ0) is 17.8. The summed E-state index contributed by atoms with van der Waals surface area (Å²) >= 11 is 0. The number of hydrogen-bond acceptors (Lipinski definition) is 7. The van der Waals surface area contributed by atoms with Crippen molar-refractivity contribution in [2.75, 3.05) is 59.0 Å². The van der Waals surface area contributed by atoms with Crippen molar-refractivity contribution in [3.05, 3.63) is 0 Å². The fourth-order valence-corrected chi connectivity index (χ4v) is 3.76. The molecule has 9 heteroatoms. The molecule has 3 heterocycles. The lowest BCUT2D eigenvalue weighted by atomic mass is 10.1. The molecule has 3 fully saturated rings. The third-order valence-electron chi connectivity index (χ3n) is 5.08. The molecule has 2 amide bonds. The zero-order valence-corrected chi connectivity index (χ0v) is 14.8. The van der Waals surface area contributed by atoms with Gasteiger partial charge in [0.15, 0.2) is 6.10 Å². The van der Waals surface area contributed by atoms with Crippen LogP contribution in [0.15, 0.2) is 0 Å². The summed E-state index contributed by atoms with van der Waals surface area (Å²) in [4.78, 5) is 17.6. The smallest absolute Gasteiger partial charge is 0.314 e. The van der Waals surface area contributed by atoms with Gasteiger partial charge in [0.25, 0.3) is 0 Å². The quantitative estimate of drug-likeness (QED) is 0.644. The Bertz CT molecular complexity index is 497. The number of nitriles is 1. The Labute approximate surface area is 148 Å². The highest BCUT2D eigenvalue weighted by atomic mass is 16.5. The molecule has 3 aliphatic heterocycles. The van der Waals surface area contributed by atoms with Crippen LogP contribution in [-0.2, 0) is 9.47 Å². The lowest BCUT2D eigenvalue weighted by Crippen LogP contribution is -2.62. The Balaban J connectivity index is 1.48. The van der Waals surface area contributed by atoms with Gasteiger partial charge in [0, 0.05) is 52.4 Å². The highest BCUT2D eigenvalue weighted by Gasteiger charge is 2.34. The van der Waals surface area contributed by atoms with Crippen LogP contribution in [0.3, 0.4) is 0 Å². The van der Waals surface area contributed by atoms with E-state index < -0.39 is 0 Å². The van der Waals surface area contributed by atoms with Gasteiger partial charge in [-0.05, 0) is 6.92 Å². The van der Waals surface area contributed by atoms with Crippen LogP contribution in [0.2, 0.25) is 0 Å². The first-order valence-electron chi connectivity index (χ1n) is 8.96. The Hall–Kier alpha value is -1.44. The molecular formula is C16H28N6O3. The van der Waals surface area contributed by atoms with E-state index in [1.54, 1.807) is 4.90 Å². The molecule has 0 aromatic rings. The highest BCUT2D eigenvalue weighted by molar-refractivity contribution is 5.72. The molecule has 2 unspecified atom stereocenters. The van der Waals surface area contributed by atoms with Gasteiger partial charge in [0.05, 0.1) is 31.0 Å². The number of urea groups is 1. The number of rotatable bonds is 3. The summed E-state index contributed by atoms with van der Waals surface area (Å²) < 4.78 is 11.7. The van der Waals surface area contributed by atoms with Crippen LogP contribution in [-0.4, -0.2) is 104 Å². The van der Waals surface area contributed by atoms with E-state index >= 15 is 0 Å². The van der Waals surface area contributed by atoms with Crippen molar-refractivity contribution >= 4 is 6.03 Å². The summed E-state index contributed by atoms with van der Waals surface area (Å²) in [6, 6.07) is 1.80. The summed E-state index contributed by atoms with van der Waals surface area (Å²) in [5.74, 6) is 0. The van der Waals surface area contributed by atoms with Gasteiger partial charge in [-0.2, -0.15) is 5.26 Å². The largest absolute Gasteiger partial charge is 0.371 e. The SMILES string of the molecule is C[C@@H]1CN(C2COC(C#N)CN2)C[C@H](CN2CCN(C(N)=O)CC2)O1. The topological polar surface area (TPSA) is 107 Å². The van der Waals surface area contributed by atoms with E-state index in [9.17, 15) is 4.79 Å². The molecule has 3 rings (SSSR count). The molecule has 0 radical (unpaired) electrons. The molecule has 3 aliphatic rings. The molecule has 0 aromatic carbocycles. The number of amides is 2. The number of ether oxygens (including phenoxy) is 2. The van der Waals surface area contributed by atoms with Crippen LogP contribution in [0.1, 0.15) is 6.92 Å². The average Bonchev–Trinajstić information content (AvgIpc) is 2.62. The molecule has 9 nitrogen and oxygen atoms in total. The number of piperazine rings is 1. The number of carbonyl (C=O) groups excluding carboxylic acids is 1. The maximum atomic E-state index is 11.2. The molecule has 0 aliphatic carbocycles. The van der Waals surface area contributed by atoms with Crippen molar-refractivity contribution in [1.29, 1.82) is 5.26 Å². The van der Waals surface area contributed by atoms with E-state index in [0.29, 0.717) is 26.2 Å². The first-order valence-corrected chi connectivity index (χ1v) is 8.96. The van der Waals surface area contributed by atoms with Gasteiger partial charge in [-0.3, -0.25) is 15.1 Å². The number of nitrogens with zero attached hydrogens (tertiary/aromatic N) is 4. The Kier molecular flexibility index (Phi) is 6.09. The summed E-state index contributed by atoms with van der Waals surface area (Å²) in [7, 11) is 0. The third-order valence-corrected chi connectivity index (χ3v) is 5.08. The van der Waals surface area contributed by atoms with Gasteiger partial charge < -0.3 is 20.1 Å². The molecule has 140 valence electrons. The normalized spacial score (nSPS) is 35.3. The lowest BCUT2D eigenvalue weighted by molar-refractivity contribution is -0.121. The van der Waals surface area contributed by atoms with E-state index in [4.69, 9.17) is 20.5 Å². The van der Waals surface area contributed by atoms with Crippen molar-refractivity contribution < 1.29 is 14.3 Å². The van der Waals surface area contributed by atoms with Crippen molar-refractivity contribution in [3.8, 4) is 6.07 Å². The third kappa shape index (κ3) is 4.80. The molecule has 4 atom stereocenters. The van der Waals surface area contributed by atoms with Crippen molar-refractivity contribution in [2.24, 2.45) is 5.73 Å². The second-order valence-corrected chi connectivity index (χ2v) is 7.02. The van der Waals surface area contributed by atoms with Crippen LogP contribution < -0.4 is 11.1 Å². The molecule has 0 spiro atoms. The van der Waals surface area contributed by atoms with Crippen LogP contribution in [0.4, 0.5) is 4.79 Å². The van der Waals surface area contributed by atoms with E-state index in [2.05, 4.69) is 28.1 Å². The first kappa shape index (κ1) is 18.4. The van der Waals surface area contributed by atoms with E-state index in [1.807, 2.05) is 0 Å². The standard InChI is InChI=1S/C16H28N6O3/c1-12-8-22(15-11-24-13(6-17)7-19-15)10-14(25-12)9-20-2-4-21(5-3-20)16(18)23/h12-15,19H,2-5,7-11H2,1H3,(H2,18,23)/t12-,13?,14+,15?/m1/s1. The van der Waals surface area contributed by atoms with Crippen LogP contribution in [0, 0.1) is 11.3 Å². The lowest BCUT2D eigenvalue weighted by Gasteiger charge is -2.44. The monoisotopic (exact) mass is 352 g/mol. The molecule has 0 saturated carbocycles. The van der Waals surface area contributed by atoms with Gasteiger partial charge >= 0.3 is 6.03 Å². The Morgan fingerprint density at radius 3 is 2.68 bits per heavy atom. The van der Waals surface area contributed by atoms with Crippen molar-refractivity contribution in [1.82, 2.24) is 20.0 Å². The second kappa shape index (κ2) is 8.29. The predicted octanol–water partition coefficient (Wildman–Crippen LogP) is -1.39. The summed E-state index contributed by atoms with van der Waals surface area (Å²) in [5.41, 5.74) is 5.33. The number of morpholine rings is 2. The molecule has 3 N–H and O–H groups in total. The number of carbonyl (C=O) groups is 1. The maximum Gasteiger partial charge on any atom is 0.314 e. The highest BCUT2D eigenvalue weighted by Crippen LogP contribution is 2.17. The van der Waals surface area contributed by atoms with Crippen LogP contribution in [0.25, 0.3) is 0 Å². The number of hydrogen-bond donors (Lipinski definition) is 2. The van der Waals surface area contributed by atoms with Crippen LogP contribution >= 0.6 is 0 Å². The maximum absolute atomic E-state index is 11.2. The second-order valence-electron chi connectivity index (χ2n) is 7.02. The van der Waals surface area contributed by atoms with E-state index in [0.717, 1.165) is 32.7 Å². The van der Waals surface area contributed by atoms with E-state index in [1.165, 1.54) is 0 Å². The fourth-order valence-electron chi connectivity index (χ4n) is 3.76. The van der Waals surface area contributed by atoms with E-state index in [-0.39, 0.29) is 30.5 Å². The summed E-state index contributed by atoms with van der Waals surface area (Å²) in [6.07, 6.45) is 0.0535. The number of nitrogens with two attached hydrogens (primary N) is 1. The Morgan fingerprint density at radius 2 is 2.08 bits per heavy atom. The first-order chi connectivity index (χ1) is 12.0.